The zero-order valence-electron chi connectivity index (χ0n) is 21.0. The van der Waals surface area contributed by atoms with Crippen LogP contribution in [-0.2, 0) is 20.8 Å². The second kappa shape index (κ2) is 11.9. The highest BCUT2D eigenvalue weighted by atomic mass is 35.5. The third kappa shape index (κ3) is 6.54. The van der Waals surface area contributed by atoms with E-state index in [4.69, 9.17) is 9.47 Å². The van der Waals surface area contributed by atoms with Crippen LogP contribution in [0.5, 0.6) is 0 Å². The lowest BCUT2D eigenvalue weighted by Crippen LogP contribution is -2.45. The molecule has 2 aliphatic rings. The van der Waals surface area contributed by atoms with Crippen molar-refractivity contribution in [2.75, 3.05) is 31.2 Å². The summed E-state index contributed by atoms with van der Waals surface area (Å²) in [6.07, 6.45) is -0.00866. The van der Waals surface area contributed by atoms with Crippen LogP contribution < -0.4 is 10.2 Å². The Bertz CT molecular complexity index is 1020. The number of hydrogen-bond donors (Lipinski definition) is 1. The molecule has 1 N–H and O–H groups in total. The highest BCUT2D eigenvalue weighted by molar-refractivity contribution is 5.94. The molecular weight excluding hydrogens is 466 g/mol. The van der Waals surface area contributed by atoms with Crippen molar-refractivity contribution in [2.24, 2.45) is 0 Å². The van der Waals surface area contributed by atoms with Crippen molar-refractivity contribution in [3.05, 3.63) is 53.6 Å². The smallest absolute Gasteiger partial charge is 0.407 e. The van der Waals surface area contributed by atoms with E-state index < -0.39 is 6.09 Å². The van der Waals surface area contributed by atoms with E-state index >= 15 is 0 Å². The quantitative estimate of drug-likeness (QED) is 0.629. The Morgan fingerprint density at radius 3 is 2.37 bits per heavy atom. The Balaban J connectivity index is 0.00000342. The Hall–Kier alpha value is -2.61. The summed E-state index contributed by atoms with van der Waals surface area (Å²) in [6, 6.07) is 14.5. The topological polar surface area (TPSA) is 71.1 Å². The van der Waals surface area contributed by atoms with Crippen molar-refractivity contribution >= 4 is 30.1 Å². The van der Waals surface area contributed by atoms with Crippen LogP contribution >= 0.6 is 12.4 Å². The average molecular weight is 502 g/mol. The van der Waals surface area contributed by atoms with Crippen LogP contribution in [0.3, 0.4) is 0 Å². The number of hydrogen-bond acceptors (Lipinski definition) is 5. The zero-order chi connectivity index (χ0) is 24.2. The molecule has 2 aliphatic heterocycles. The largest absolute Gasteiger partial charge is 0.447 e. The highest BCUT2D eigenvalue weighted by Crippen LogP contribution is 2.39. The van der Waals surface area contributed by atoms with Crippen molar-refractivity contribution in [1.82, 2.24) is 10.2 Å². The van der Waals surface area contributed by atoms with Gasteiger partial charge in [0.1, 0.15) is 0 Å². The Morgan fingerprint density at radius 2 is 1.74 bits per heavy atom. The van der Waals surface area contributed by atoms with Gasteiger partial charge in [-0.3, -0.25) is 9.69 Å². The lowest BCUT2D eigenvalue weighted by molar-refractivity contribution is -0.117. The van der Waals surface area contributed by atoms with E-state index in [0.29, 0.717) is 6.42 Å². The maximum absolute atomic E-state index is 12.4. The van der Waals surface area contributed by atoms with Gasteiger partial charge in [0.05, 0.1) is 25.4 Å². The lowest BCUT2D eigenvalue weighted by Gasteiger charge is -2.39. The molecule has 0 unspecified atom stereocenters. The van der Waals surface area contributed by atoms with Gasteiger partial charge in [-0.05, 0) is 61.6 Å². The fourth-order valence-electron chi connectivity index (χ4n) is 4.87. The van der Waals surface area contributed by atoms with Crippen LogP contribution in [0.25, 0.3) is 11.1 Å². The monoisotopic (exact) mass is 501 g/mol. The van der Waals surface area contributed by atoms with Crippen LogP contribution in [-0.4, -0.2) is 55.3 Å². The molecule has 2 atom stereocenters. The first-order valence-corrected chi connectivity index (χ1v) is 12.1. The summed E-state index contributed by atoms with van der Waals surface area (Å²) in [5, 5.41) is 3.01. The molecule has 35 heavy (non-hydrogen) atoms. The summed E-state index contributed by atoms with van der Waals surface area (Å²) in [5.74, 6) is -0.00262. The molecule has 190 valence electrons. The lowest BCUT2D eigenvalue weighted by atomic mass is 9.89. The third-order valence-electron chi connectivity index (χ3n) is 6.45. The van der Waals surface area contributed by atoms with Gasteiger partial charge in [0.25, 0.3) is 0 Å². The van der Waals surface area contributed by atoms with Crippen LogP contribution in [0.15, 0.2) is 42.5 Å². The average Bonchev–Trinajstić information content (AvgIpc) is 2.79. The molecule has 7 nitrogen and oxygen atoms in total. The standard InChI is InChI=1S/C27H35N3O4.ClH/c1-18(2)34-27(32)28-25-15-19(3)30(20(4)31)26-10-9-23(16-24(25)26)22-7-5-21(6-8-22)17-29-11-13-33-14-12-29;/h5-10,16,18-19,25H,11-15,17H2,1-4H3,(H,28,32);1H/t19-,25+;/m0./s1. The summed E-state index contributed by atoms with van der Waals surface area (Å²) >= 11 is 0. The number of halogens is 1. The van der Waals surface area contributed by atoms with Gasteiger partial charge in [-0.1, -0.05) is 30.3 Å². The van der Waals surface area contributed by atoms with Crippen molar-refractivity contribution in [3.63, 3.8) is 0 Å². The van der Waals surface area contributed by atoms with E-state index in [2.05, 4.69) is 40.5 Å². The normalized spacial score (nSPS) is 20.1. The minimum atomic E-state index is -0.438. The number of ether oxygens (including phenoxy) is 2. The number of nitrogens with one attached hydrogen (secondary N) is 1. The number of carbonyl (C=O) groups is 2. The van der Waals surface area contributed by atoms with Gasteiger partial charge in [-0.25, -0.2) is 4.79 Å². The molecule has 8 heteroatoms. The molecule has 0 aliphatic carbocycles. The van der Waals surface area contributed by atoms with E-state index in [-0.39, 0.29) is 36.5 Å². The number of fused-ring (bicyclic) bond motifs is 1. The van der Waals surface area contributed by atoms with Gasteiger partial charge in [0, 0.05) is 38.3 Å². The van der Waals surface area contributed by atoms with Gasteiger partial charge in [-0.2, -0.15) is 0 Å². The molecule has 2 aromatic rings. The third-order valence-corrected chi connectivity index (χ3v) is 6.45. The summed E-state index contributed by atoms with van der Waals surface area (Å²) in [7, 11) is 0. The van der Waals surface area contributed by atoms with Crippen LogP contribution in [0.1, 0.15) is 51.3 Å². The molecule has 2 amide bonds. The molecule has 1 fully saturated rings. The van der Waals surface area contributed by atoms with Gasteiger partial charge in [0.15, 0.2) is 0 Å². The molecular formula is C27H36ClN3O4. The van der Waals surface area contributed by atoms with Gasteiger partial charge in [-0.15, -0.1) is 12.4 Å². The second-order valence-corrected chi connectivity index (χ2v) is 9.48. The van der Waals surface area contributed by atoms with E-state index in [0.717, 1.165) is 55.2 Å². The number of amides is 2. The molecule has 0 spiro atoms. The molecule has 0 aromatic heterocycles. The molecule has 2 heterocycles. The zero-order valence-corrected chi connectivity index (χ0v) is 21.8. The summed E-state index contributed by atoms with van der Waals surface area (Å²) in [5.41, 5.74) is 5.21. The number of nitrogens with zero attached hydrogens (tertiary/aromatic N) is 2. The highest BCUT2D eigenvalue weighted by Gasteiger charge is 2.33. The van der Waals surface area contributed by atoms with Gasteiger partial charge < -0.3 is 19.7 Å². The molecule has 0 bridgehead atoms. The maximum Gasteiger partial charge on any atom is 0.407 e. The predicted molar refractivity (Wildman–Crippen MR) is 140 cm³/mol. The van der Waals surface area contributed by atoms with Crippen LogP contribution in [0, 0.1) is 0 Å². The van der Waals surface area contributed by atoms with E-state index in [9.17, 15) is 9.59 Å². The molecule has 0 radical (unpaired) electrons. The Labute approximate surface area is 214 Å². The summed E-state index contributed by atoms with van der Waals surface area (Å²) in [4.78, 5) is 29.0. The number of benzene rings is 2. The van der Waals surface area contributed by atoms with Crippen LogP contribution in [0.2, 0.25) is 0 Å². The van der Waals surface area contributed by atoms with Crippen molar-refractivity contribution in [1.29, 1.82) is 0 Å². The van der Waals surface area contributed by atoms with Gasteiger partial charge in [0.2, 0.25) is 5.91 Å². The van der Waals surface area contributed by atoms with Gasteiger partial charge >= 0.3 is 6.09 Å². The number of anilines is 1. The van der Waals surface area contributed by atoms with Crippen molar-refractivity contribution < 1.29 is 19.1 Å². The molecule has 4 rings (SSSR count). The van der Waals surface area contributed by atoms with E-state index in [1.165, 1.54) is 5.56 Å². The first-order valence-electron chi connectivity index (χ1n) is 12.1. The minimum absolute atomic E-state index is 0. The van der Waals surface area contributed by atoms with E-state index in [1.807, 2.05) is 37.8 Å². The Morgan fingerprint density at radius 1 is 1.09 bits per heavy atom. The fourth-order valence-corrected chi connectivity index (χ4v) is 4.87. The first kappa shape index (κ1) is 27.0. The summed E-state index contributed by atoms with van der Waals surface area (Å²) in [6.45, 7) is 11.7. The SMILES string of the molecule is CC(=O)N1c2ccc(-c3ccc(CN4CCOCC4)cc3)cc2[C@H](NC(=O)OC(C)C)C[C@@H]1C.Cl. The van der Waals surface area contributed by atoms with E-state index in [1.54, 1.807) is 6.92 Å². The second-order valence-electron chi connectivity index (χ2n) is 9.48. The molecule has 2 aromatic carbocycles. The number of morpholine rings is 1. The Kier molecular flexibility index (Phi) is 9.16. The molecule has 1 saturated heterocycles. The summed E-state index contributed by atoms with van der Waals surface area (Å²) < 4.78 is 10.8. The molecule has 0 saturated carbocycles. The van der Waals surface area contributed by atoms with Crippen molar-refractivity contribution in [2.45, 2.75) is 58.8 Å². The predicted octanol–water partition coefficient (Wildman–Crippen LogP) is 4.93. The maximum atomic E-state index is 12.4. The first-order chi connectivity index (χ1) is 16.3. The fraction of sp³-hybridized carbons (Fsp3) is 0.481. The number of rotatable bonds is 5. The minimum Gasteiger partial charge on any atom is -0.447 e. The number of alkyl carbamates (subject to hydrolysis) is 1. The van der Waals surface area contributed by atoms with Crippen molar-refractivity contribution in [3.8, 4) is 11.1 Å². The van der Waals surface area contributed by atoms with Crippen LogP contribution in [0.4, 0.5) is 10.5 Å². The number of carbonyl (C=O) groups excluding carboxylic acids is 2.